The zero-order valence-electron chi connectivity index (χ0n) is 21.6. The number of nitrogens with one attached hydrogen (secondary N) is 1. The second-order valence-electron chi connectivity index (χ2n) is 9.51. The molecular weight excluding hydrogens is 526 g/mol. The highest BCUT2D eigenvalue weighted by atomic mass is 32.2. The number of nitrogens with zero attached hydrogens (tertiary/aromatic N) is 4. The Kier molecular flexibility index (Phi) is 6.36. The Balaban J connectivity index is 1.56. The van der Waals surface area contributed by atoms with Crippen molar-refractivity contribution in [3.8, 4) is 29.1 Å². The summed E-state index contributed by atoms with van der Waals surface area (Å²) in [6.07, 6.45) is 1.54. The lowest BCUT2D eigenvalue weighted by Crippen LogP contribution is -2.16. The maximum absolute atomic E-state index is 13.9. The Morgan fingerprint density at radius 3 is 2.65 bits per heavy atom. The molecule has 1 aliphatic heterocycles. The molecule has 3 heterocycles. The number of hydrogen-bond donors (Lipinski definition) is 2. The van der Waals surface area contributed by atoms with Crippen molar-refractivity contribution in [3.63, 3.8) is 0 Å². The highest BCUT2D eigenvalue weighted by Gasteiger charge is 2.30. The van der Waals surface area contributed by atoms with E-state index in [1.165, 1.54) is 16.1 Å². The summed E-state index contributed by atoms with van der Waals surface area (Å²) in [7, 11) is -4.05. The largest absolute Gasteiger partial charge is 0.508 e. The van der Waals surface area contributed by atoms with Crippen LogP contribution in [-0.2, 0) is 23.0 Å². The third-order valence-electron chi connectivity index (χ3n) is 6.95. The lowest BCUT2D eigenvalue weighted by atomic mass is 10.1. The van der Waals surface area contributed by atoms with Crippen molar-refractivity contribution >= 4 is 26.7 Å². The normalized spacial score (nSPS) is 12.9. The number of aromatic hydroxyl groups is 1. The molecule has 0 fully saturated rings. The molecule has 5 aromatic rings. The quantitative estimate of drug-likeness (QED) is 0.296. The molecule has 2 aromatic heterocycles. The van der Waals surface area contributed by atoms with Gasteiger partial charge in [-0.05, 0) is 55.7 Å². The molecule has 2 N–H and O–H groups in total. The Bertz CT molecular complexity index is 1910. The van der Waals surface area contributed by atoms with E-state index in [9.17, 15) is 18.8 Å². The lowest BCUT2D eigenvalue weighted by Gasteiger charge is -2.20. The summed E-state index contributed by atoms with van der Waals surface area (Å²) in [5.74, 6) is 1.48. The van der Waals surface area contributed by atoms with Gasteiger partial charge in [0.15, 0.2) is 5.82 Å². The van der Waals surface area contributed by atoms with E-state index in [-0.39, 0.29) is 21.7 Å². The predicted octanol–water partition coefficient (Wildman–Crippen LogP) is 5.16. The molecule has 3 aromatic carbocycles. The fourth-order valence-electron chi connectivity index (χ4n) is 5.14. The summed E-state index contributed by atoms with van der Waals surface area (Å²) in [6, 6.07) is 22.3. The maximum Gasteiger partial charge on any atom is 0.268 e. The minimum absolute atomic E-state index is 0.109. The van der Waals surface area contributed by atoms with E-state index in [1.807, 2.05) is 6.07 Å². The van der Waals surface area contributed by atoms with Crippen LogP contribution in [0.1, 0.15) is 28.8 Å². The van der Waals surface area contributed by atoms with Crippen molar-refractivity contribution in [2.75, 3.05) is 11.9 Å². The molecule has 0 saturated carbocycles. The third-order valence-corrected chi connectivity index (χ3v) is 8.75. The second kappa shape index (κ2) is 10.0. The van der Waals surface area contributed by atoms with Gasteiger partial charge in [-0.1, -0.05) is 42.5 Å². The summed E-state index contributed by atoms with van der Waals surface area (Å²) in [5.41, 5.74) is 3.10. The number of aromatic nitrogens is 3. The number of nitriles is 1. The maximum atomic E-state index is 13.9. The van der Waals surface area contributed by atoms with Crippen LogP contribution in [-0.4, -0.2) is 34.1 Å². The van der Waals surface area contributed by atoms with Crippen LogP contribution in [0.25, 0.3) is 22.3 Å². The van der Waals surface area contributed by atoms with Crippen molar-refractivity contribution in [1.29, 1.82) is 5.26 Å². The summed E-state index contributed by atoms with van der Waals surface area (Å²) < 4.78 is 35.0. The van der Waals surface area contributed by atoms with Gasteiger partial charge < -0.3 is 15.2 Å². The molecule has 0 spiro atoms. The number of phenolic OH excluding ortho intramolecular Hbond substituents is 1. The Labute approximate surface area is 231 Å². The highest BCUT2D eigenvalue weighted by molar-refractivity contribution is 7.90. The minimum atomic E-state index is -4.05. The summed E-state index contributed by atoms with van der Waals surface area (Å²) in [4.78, 5) is 9.72. The van der Waals surface area contributed by atoms with Crippen molar-refractivity contribution in [3.05, 3.63) is 95.2 Å². The average molecular weight is 552 g/mol. The van der Waals surface area contributed by atoms with E-state index >= 15 is 0 Å². The number of anilines is 1. The average Bonchev–Trinajstić information content (AvgIpc) is 3.28. The molecule has 0 radical (unpaired) electrons. The van der Waals surface area contributed by atoms with Crippen LogP contribution in [0.15, 0.2) is 77.7 Å². The number of hydrogen-bond acceptors (Lipinski definition) is 8. The highest BCUT2D eigenvalue weighted by Crippen LogP contribution is 2.39. The van der Waals surface area contributed by atoms with Crippen LogP contribution in [0.5, 0.6) is 11.6 Å². The number of rotatable bonds is 6. The molecule has 10 heteroatoms. The van der Waals surface area contributed by atoms with Gasteiger partial charge in [-0.15, -0.1) is 0 Å². The zero-order chi connectivity index (χ0) is 27.9. The van der Waals surface area contributed by atoms with E-state index in [1.54, 1.807) is 61.5 Å². The van der Waals surface area contributed by atoms with Gasteiger partial charge in [0.05, 0.1) is 28.1 Å². The number of para-hydroxylation sites is 1. The van der Waals surface area contributed by atoms with Crippen molar-refractivity contribution in [1.82, 2.24) is 13.9 Å². The molecule has 0 saturated heterocycles. The molecule has 0 bridgehead atoms. The molecule has 0 aliphatic carbocycles. The van der Waals surface area contributed by atoms with Gasteiger partial charge in [-0.2, -0.15) is 10.2 Å². The van der Waals surface area contributed by atoms with Gasteiger partial charge in [0.1, 0.15) is 17.6 Å². The second-order valence-corrected chi connectivity index (χ2v) is 11.3. The molecule has 40 heavy (non-hydrogen) atoms. The first-order valence-electron chi connectivity index (χ1n) is 12.8. The lowest BCUT2D eigenvalue weighted by molar-refractivity contribution is 0.276. The van der Waals surface area contributed by atoms with E-state index in [0.717, 1.165) is 24.0 Å². The monoisotopic (exact) mass is 551 g/mol. The van der Waals surface area contributed by atoms with E-state index in [0.29, 0.717) is 47.3 Å². The molecular formula is C30H25N5O4S. The SMILES string of the molecule is Cc1c(-c2nc(NCc3cccc(O)c3)c3c(n2)OCCC3)c2cccc(C#N)c2n1S(=O)(=O)c1ccccc1. The standard InChI is InChI=1S/C30H25N5O4S/c1-19-26(24-13-6-9-21(17-31)27(24)35(19)40(37,38)23-11-3-2-4-12-23)29-33-28(25-14-7-15-39-30(25)34-29)32-18-20-8-5-10-22(36)16-20/h2-6,8-13,16,36H,7,14-15,18H2,1H3,(H,32,33,34). The molecule has 0 atom stereocenters. The van der Waals surface area contributed by atoms with Crippen molar-refractivity contribution < 1.29 is 18.3 Å². The van der Waals surface area contributed by atoms with Crippen LogP contribution in [0.4, 0.5) is 5.82 Å². The molecule has 9 nitrogen and oxygen atoms in total. The fourth-order valence-corrected chi connectivity index (χ4v) is 6.74. The number of fused-ring (bicyclic) bond motifs is 2. The van der Waals surface area contributed by atoms with Gasteiger partial charge in [0.25, 0.3) is 10.0 Å². The zero-order valence-corrected chi connectivity index (χ0v) is 22.4. The van der Waals surface area contributed by atoms with Crippen LogP contribution >= 0.6 is 0 Å². The van der Waals surface area contributed by atoms with Gasteiger partial charge >= 0.3 is 0 Å². The van der Waals surface area contributed by atoms with E-state index in [4.69, 9.17) is 14.7 Å². The first-order chi connectivity index (χ1) is 19.4. The van der Waals surface area contributed by atoms with Crippen LogP contribution < -0.4 is 10.1 Å². The summed E-state index contributed by atoms with van der Waals surface area (Å²) >= 11 is 0. The molecule has 0 amide bonds. The van der Waals surface area contributed by atoms with Crippen LogP contribution in [0.2, 0.25) is 0 Å². The first-order valence-corrected chi connectivity index (χ1v) is 14.2. The van der Waals surface area contributed by atoms with Gasteiger partial charge in [-0.25, -0.2) is 17.4 Å². The molecule has 0 unspecified atom stereocenters. The molecule has 200 valence electrons. The molecule has 1 aliphatic rings. The van der Waals surface area contributed by atoms with E-state index < -0.39 is 10.0 Å². The minimum Gasteiger partial charge on any atom is -0.508 e. The third kappa shape index (κ3) is 4.30. The van der Waals surface area contributed by atoms with Gasteiger partial charge in [0.2, 0.25) is 5.88 Å². The van der Waals surface area contributed by atoms with Crippen LogP contribution in [0, 0.1) is 18.3 Å². The fraction of sp³-hybridized carbons (Fsp3) is 0.167. The van der Waals surface area contributed by atoms with E-state index in [2.05, 4.69) is 11.4 Å². The van der Waals surface area contributed by atoms with Crippen LogP contribution in [0.3, 0.4) is 0 Å². The molecule has 6 rings (SSSR count). The van der Waals surface area contributed by atoms with Crippen molar-refractivity contribution in [2.45, 2.75) is 31.2 Å². The Morgan fingerprint density at radius 2 is 1.88 bits per heavy atom. The predicted molar refractivity (Wildman–Crippen MR) is 151 cm³/mol. The number of benzene rings is 3. The smallest absolute Gasteiger partial charge is 0.268 e. The number of phenols is 1. The number of ether oxygens (including phenoxy) is 1. The van der Waals surface area contributed by atoms with Crippen molar-refractivity contribution in [2.24, 2.45) is 0 Å². The van der Waals surface area contributed by atoms with Gasteiger partial charge in [-0.3, -0.25) is 0 Å². The Morgan fingerprint density at radius 1 is 1.07 bits per heavy atom. The first kappa shape index (κ1) is 25.4. The topological polar surface area (TPSA) is 130 Å². The summed E-state index contributed by atoms with van der Waals surface area (Å²) in [5, 5.41) is 23.7. The van der Waals surface area contributed by atoms with Gasteiger partial charge in [0, 0.05) is 23.2 Å². The summed E-state index contributed by atoms with van der Waals surface area (Å²) in [6.45, 7) is 2.61. The Hall–Kier alpha value is -4.88.